The largest absolute Gasteiger partial charge is 0.319 e. The fourth-order valence-electron chi connectivity index (χ4n) is 3.84. The van der Waals surface area contributed by atoms with Crippen LogP contribution in [0.1, 0.15) is 27.3 Å². The summed E-state index contributed by atoms with van der Waals surface area (Å²) < 4.78 is 3.06. The summed E-state index contributed by atoms with van der Waals surface area (Å²) in [6, 6.07) is 20.5. The highest BCUT2D eigenvalue weighted by atomic mass is 35.5. The second-order valence-electron chi connectivity index (χ2n) is 7.97. The van der Waals surface area contributed by atoms with Crippen molar-refractivity contribution in [3.8, 4) is 0 Å². The van der Waals surface area contributed by atoms with Gasteiger partial charge in [-0.1, -0.05) is 48.0 Å². The molecule has 33 heavy (non-hydrogen) atoms. The van der Waals surface area contributed by atoms with E-state index in [1.807, 2.05) is 68.4 Å². The van der Waals surface area contributed by atoms with Crippen molar-refractivity contribution >= 4 is 39.9 Å². The molecule has 5 rings (SSSR count). The van der Waals surface area contributed by atoms with Gasteiger partial charge >= 0.3 is 0 Å². The Morgan fingerprint density at radius 3 is 2.55 bits per heavy atom. The van der Waals surface area contributed by atoms with Crippen molar-refractivity contribution in [3.63, 3.8) is 0 Å². The van der Waals surface area contributed by atoms with Crippen molar-refractivity contribution in [3.05, 3.63) is 105 Å². The standard InChI is InChI=1S/C25H20ClN5O2/c1-15-6-5-8-18(12-15)27-24(32)22-28-23-25(33)30(14-17-7-3-4-9-19(17)26)21-13-16(2)10-11-20(21)31(23)29-22/h3-13H,14H2,1-2H3,(H,27,32). The summed E-state index contributed by atoms with van der Waals surface area (Å²) in [7, 11) is 0. The van der Waals surface area contributed by atoms with E-state index in [1.165, 1.54) is 4.52 Å². The van der Waals surface area contributed by atoms with Gasteiger partial charge in [-0.15, -0.1) is 5.10 Å². The molecule has 0 bridgehead atoms. The van der Waals surface area contributed by atoms with Crippen LogP contribution in [-0.2, 0) is 6.54 Å². The number of hydrogen-bond acceptors (Lipinski definition) is 4. The molecule has 8 heteroatoms. The lowest BCUT2D eigenvalue weighted by molar-refractivity contribution is 0.101. The lowest BCUT2D eigenvalue weighted by Crippen LogP contribution is -2.24. The second-order valence-corrected chi connectivity index (χ2v) is 8.38. The molecule has 0 saturated heterocycles. The van der Waals surface area contributed by atoms with Crippen LogP contribution in [-0.4, -0.2) is 25.1 Å². The van der Waals surface area contributed by atoms with E-state index >= 15 is 0 Å². The van der Waals surface area contributed by atoms with Crippen molar-refractivity contribution < 1.29 is 4.79 Å². The number of halogens is 1. The van der Waals surface area contributed by atoms with Crippen molar-refractivity contribution in [1.29, 1.82) is 0 Å². The summed E-state index contributed by atoms with van der Waals surface area (Å²) in [4.78, 5) is 30.6. The number of anilines is 1. The van der Waals surface area contributed by atoms with E-state index in [0.717, 1.165) is 16.7 Å². The van der Waals surface area contributed by atoms with E-state index in [0.29, 0.717) is 21.7 Å². The SMILES string of the molecule is Cc1cccc(NC(=O)c2nc3c(=O)n(Cc4ccccc4Cl)c4cc(C)ccc4n3n2)c1. The Morgan fingerprint density at radius 1 is 0.970 bits per heavy atom. The molecule has 0 atom stereocenters. The van der Waals surface area contributed by atoms with Gasteiger partial charge in [0.25, 0.3) is 11.5 Å². The number of aromatic nitrogens is 4. The van der Waals surface area contributed by atoms with Crippen LogP contribution in [0.5, 0.6) is 0 Å². The Hall–Kier alpha value is -3.97. The molecule has 5 aromatic rings. The van der Waals surface area contributed by atoms with Gasteiger partial charge in [-0.2, -0.15) is 4.98 Å². The third-order valence-electron chi connectivity index (χ3n) is 5.46. The Morgan fingerprint density at radius 2 is 1.76 bits per heavy atom. The van der Waals surface area contributed by atoms with Crippen LogP contribution in [0, 0.1) is 13.8 Å². The predicted octanol–water partition coefficient (Wildman–Crippen LogP) is 4.62. The first-order valence-electron chi connectivity index (χ1n) is 10.4. The number of aryl methyl sites for hydroxylation is 2. The fourth-order valence-corrected chi connectivity index (χ4v) is 4.03. The second kappa shape index (κ2) is 8.18. The molecule has 3 aromatic carbocycles. The lowest BCUT2D eigenvalue weighted by atomic mass is 10.2. The first kappa shape index (κ1) is 20.9. The third-order valence-corrected chi connectivity index (χ3v) is 5.83. The molecule has 0 radical (unpaired) electrons. The molecule has 2 aromatic heterocycles. The topological polar surface area (TPSA) is 81.3 Å². The highest BCUT2D eigenvalue weighted by Crippen LogP contribution is 2.21. The molecule has 1 amide bonds. The van der Waals surface area contributed by atoms with Crippen LogP contribution in [0.4, 0.5) is 5.69 Å². The van der Waals surface area contributed by atoms with E-state index in [2.05, 4.69) is 15.4 Å². The maximum Gasteiger partial charge on any atom is 0.296 e. The Kier molecular flexibility index (Phi) is 5.18. The molecule has 0 spiro atoms. The van der Waals surface area contributed by atoms with E-state index in [-0.39, 0.29) is 23.6 Å². The average Bonchev–Trinajstić information content (AvgIpc) is 3.24. The van der Waals surface area contributed by atoms with Crippen LogP contribution in [0.3, 0.4) is 0 Å². The average molecular weight is 458 g/mol. The molecule has 0 saturated carbocycles. The third kappa shape index (κ3) is 3.87. The van der Waals surface area contributed by atoms with Gasteiger partial charge in [0.1, 0.15) is 0 Å². The smallest absolute Gasteiger partial charge is 0.296 e. The highest BCUT2D eigenvalue weighted by Gasteiger charge is 2.20. The molecule has 0 aliphatic carbocycles. The molecule has 0 aliphatic rings. The molecule has 1 N–H and O–H groups in total. The van der Waals surface area contributed by atoms with Gasteiger partial charge in [-0.3, -0.25) is 14.2 Å². The van der Waals surface area contributed by atoms with Gasteiger partial charge in [-0.05, 0) is 60.9 Å². The molecular weight excluding hydrogens is 438 g/mol. The van der Waals surface area contributed by atoms with Gasteiger partial charge in [0, 0.05) is 10.7 Å². The number of rotatable bonds is 4. The molecular formula is C25H20ClN5O2. The van der Waals surface area contributed by atoms with Crippen molar-refractivity contribution in [1.82, 2.24) is 19.2 Å². The van der Waals surface area contributed by atoms with Gasteiger partial charge in [0.05, 0.1) is 17.6 Å². The van der Waals surface area contributed by atoms with Crippen molar-refractivity contribution in [2.75, 3.05) is 5.32 Å². The zero-order valence-electron chi connectivity index (χ0n) is 18.0. The fraction of sp³-hybridized carbons (Fsp3) is 0.120. The molecule has 0 fully saturated rings. The normalized spacial score (nSPS) is 11.2. The summed E-state index contributed by atoms with van der Waals surface area (Å²) >= 11 is 6.36. The summed E-state index contributed by atoms with van der Waals surface area (Å²) in [6.45, 7) is 4.16. The predicted molar refractivity (Wildman–Crippen MR) is 129 cm³/mol. The monoisotopic (exact) mass is 457 g/mol. The summed E-state index contributed by atoms with van der Waals surface area (Å²) in [5, 5.41) is 7.74. The number of amides is 1. The summed E-state index contributed by atoms with van der Waals surface area (Å²) in [6.07, 6.45) is 0. The quantitative estimate of drug-likeness (QED) is 0.427. The van der Waals surface area contributed by atoms with Gasteiger partial charge in [0.15, 0.2) is 0 Å². The van der Waals surface area contributed by atoms with Crippen LogP contribution >= 0.6 is 11.6 Å². The number of carbonyl (C=O) groups excluding carboxylic acids is 1. The van der Waals surface area contributed by atoms with Crippen LogP contribution < -0.4 is 10.9 Å². The maximum atomic E-state index is 13.5. The van der Waals surface area contributed by atoms with Crippen LogP contribution in [0.2, 0.25) is 5.02 Å². The Labute approximate surface area is 194 Å². The number of carbonyl (C=O) groups is 1. The number of benzene rings is 3. The van der Waals surface area contributed by atoms with Gasteiger partial charge in [-0.25, -0.2) is 4.52 Å². The number of hydrogen-bond donors (Lipinski definition) is 1. The van der Waals surface area contributed by atoms with Crippen molar-refractivity contribution in [2.45, 2.75) is 20.4 Å². The van der Waals surface area contributed by atoms with Gasteiger partial charge < -0.3 is 5.32 Å². The molecule has 7 nitrogen and oxygen atoms in total. The van der Waals surface area contributed by atoms with Crippen LogP contribution in [0.25, 0.3) is 16.7 Å². The Bertz CT molecular complexity index is 1600. The lowest BCUT2D eigenvalue weighted by Gasteiger charge is -2.13. The van der Waals surface area contributed by atoms with E-state index in [4.69, 9.17) is 11.6 Å². The minimum absolute atomic E-state index is 0.0767. The minimum atomic E-state index is -0.485. The minimum Gasteiger partial charge on any atom is -0.319 e. The van der Waals surface area contributed by atoms with Crippen LogP contribution in [0.15, 0.2) is 71.5 Å². The molecule has 164 valence electrons. The molecule has 2 heterocycles. The summed E-state index contributed by atoms with van der Waals surface area (Å²) in [5.41, 5.74) is 4.53. The molecule has 0 unspecified atom stereocenters. The van der Waals surface area contributed by atoms with Crippen molar-refractivity contribution in [2.24, 2.45) is 0 Å². The van der Waals surface area contributed by atoms with E-state index in [1.54, 1.807) is 16.7 Å². The number of fused-ring (bicyclic) bond motifs is 3. The first-order valence-corrected chi connectivity index (χ1v) is 10.8. The maximum absolute atomic E-state index is 13.5. The zero-order valence-corrected chi connectivity index (χ0v) is 18.8. The molecule has 0 aliphatic heterocycles. The van der Waals surface area contributed by atoms with E-state index < -0.39 is 5.91 Å². The number of nitrogens with one attached hydrogen (secondary N) is 1. The summed E-state index contributed by atoms with van der Waals surface area (Å²) in [5.74, 6) is -0.562. The highest BCUT2D eigenvalue weighted by molar-refractivity contribution is 6.31. The first-order chi connectivity index (χ1) is 15.9. The Balaban J connectivity index is 1.66. The zero-order chi connectivity index (χ0) is 23.1. The number of nitrogens with zero attached hydrogens (tertiary/aromatic N) is 4. The van der Waals surface area contributed by atoms with Gasteiger partial charge in [0.2, 0.25) is 11.5 Å². The van der Waals surface area contributed by atoms with E-state index in [9.17, 15) is 9.59 Å².